The first-order valence-electron chi connectivity index (χ1n) is 20.0. The number of aromatic nitrogens is 2. The van der Waals surface area contributed by atoms with Crippen LogP contribution in [0.15, 0.2) is 40.2 Å². The number of hydrogen-bond donors (Lipinski definition) is 2. The van der Waals surface area contributed by atoms with Crippen LogP contribution < -0.4 is 25.2 Å². The van der Waals surface area contributed by atoms with Gasteiger partial charge in [-0.3, -0.25) is 14.5 Å². The second-order valence-corrected chi connectivity index (χ2v) is 17.1. The molecule has 2 unspecified atom stereocenters. The third kappa shape index (κ3) is 9.26. The number of carbonyl (C=O) groups is 1. The van der Waals surface area contributed by atoms with Crippen LogP contribution in [0.3, 0.4) is 0 Å². The number of hydrogen-bond acceptors (Lipinski definition) is 10. The summed E-state index contributed by atoms with van der Waals surface area (Å²) >= 11 is 1.46. The Morgan fingerprint density at radius 1 is 1.05 bits per heavy atom. The molecule has 2 saturated heterocycles. The number of fused-ring (bicyclic) bond motifs is 1. The van der Waals surface area contributed by atoms with E-state index in [2.05, 4.69) is 33.9 Å². The van der Waals surface area contributed by atoms with E-state index < -0.39 is 18.4 Å². The summed E-state index contributed by atoms with van der Waals surface area (Å²) in [5, 5.41) is 2.99. The van der Waals surface area contributed by atoms with Crippen molar-refractivity contribution in [2.75, 3.05) is 43.9 Å². The maximum Gasteiger partial charge on any atom is 0.389 e. The van der Waals surface area contributed by atoms with E-state index in [0.29, 0.717) is 39.8 Å². The van der Waals surface area contributed by atoms with Crippen LogP contribution >= 0.6 is 11.8 Å². The lowest BCUT2D eigenvalue weighted by Gasteiger charge is -2.47. The number of halogens is 3. The number of nitrogens with one attached hydrogen (secondary N) is 2. The minimum absolute atomic E-state index is 0.0119. The normalized spacial score (nSPS) is 25.4. The molecule has 4 aliphatic rings. The Bertz CT molecular complexity index is 1970. The summed E-state index contributed by atoms with van der Waals surface area (Å²) in [6.45, 7) is 12.9. The number of thioether (sulfide) groups is 1. The van der Waals surface area contributed by atoms with Crippen LogP contribution in [0, 0.1) is 19.8 Å². The van der Waals surface area contributed by atoms with Crippen molar-refractivity contribution >= 4 is 23.5 Å². The van der Waals surface area contributed by atoms with Crippen molar-refractivity contribution in [3.05, 3.63) is 63.2 Å². The number of H-pyrrole nitrogens is 1. The summed E-state index contributed by atoms with van der Waals surface area (Å²) in [6, 6.07) is 8.10. The number of nitrogens with zero attached hydrogens (tertiary/aromatic N) is 3. The van der Waals surface area contributed by atoms with E-state index >= 15 is 0 Å². The lowest BCUT2D eigenvalue weighted by atomic mass is 9.80. The van der Waals surface area contributed by atoms with Crippen molar-refractivity contribution in [1.29, 1.82) is 0 Å². The van der Waals surface area contributed by atoms with E-state index in [1.54, 1.807) is 0 Å². The maximum atomic E-state index is 14.0. The molecule has 15 heteroatoms. The van der Waals surface area contributed by atoms with E-state index in [4.69, 9.17) is 23.9 Å². The summed E-state index contributed by atoms with van der Waals surface area (Å²) in [5.74, 6) is 0.704. The Kier molecular flexibility index (Phi) is 12.2. The van der Waals surface area contributed by atoms with E-state index in [1.165, 1.54) is 11.8 Å². The third-order valence-corrected chi connectivity index (χ3v) is 12.6. The molecule has 5 heterocycles. The zero-order valence-electron chi connectivity index (χ0n) is 33.6. The minimum Gasteiger partial charge on any atom is -0.448 e. The molecule has 7 rings (SSSR count). The van der Waals surface area contributed by atoms with Gasteiger partial charge in [-0.1, -0.05) is 0 Å². The van der Waals surface area contributed by atoms with Crippen LogP contribution in [0.1, 0.15) is 86.5 Å². The van der Waals surface area contributed by atoms with Crippen LogP contribution in [0.5, 0.6) is 11.5 Å². The zero-order chi connectivity index (χ0) is 40.6. The predicted molar refractivity (Wildman–Crippen MR) is 213 cm³/mol. The van der Waals surface area contributed by atoms with Crippen LogP contribution in [0.25, 0.3) is 11.1 Å². The number of likely N-dealkylation sites (tertiary alicyclic amines) is 1. The van der Waals surface area contributed by atoms with Gasteiger partial charge in [0.15, 0.2) is 11.5 Å². The van der Waals surface area contributed by atoms with E-state index in [-0.39, 0.29) is 55.3 Å². The van der Waals surface area contributed by atoms with Gasteiger partial charge in [0.2, 0.25) is 0 Å². The number of benzene rings is 1. The number of ether oxygens (including phenoxy) is 4. The Morgan fingerprint density at radius 2 is 1.75 bits per heavy atom. The van der Waals surface area contributed by atoms with E-state index in [1.807, 2.05) is 57.5 Å². The summed E-state index contributed by atoms with van der Waals surface area (Å²) in [4.78, 5) is 40.0. The molecule has 1 saturated carbocycles. The van der Waals surface area contributed by atoms with Crippen molar-refractivity contribution in [3.8, 4) is 22.6 Å². The first-order valence-corrected chi connectivity index (χ1v) is 21.2. The molecular weight excluding hydrogens is 760 g/mol. The molecule has 1 amide bonds. The molecule has 0 bridgehead atoms. The van der Waals surface area contributed by atoms with Gasteiger partial charge >= 0.3 is 6.18 Å². The molecule has 57 heavy (non-hydrogen) atoms. The first kappa shape index (κ1) is 41.4. The lowest BCUT2D eigenvalue weighted by Crippen LogP contribution is -2.58. The smallest absolute Gasteiger partial charge is 0.389 e. The van der Waals surface area contributed by atoms with Crippen molar-refractivity contribution in [3.63, 3.8) is 0 Å². The van der Waals surface area contributed by atoms with Gasteiger partial charge in [0.05, 0.1) is 18.3 Å². The fourth-order valence-corrected chi connectivity index (χ4v) is 9.46. The van der Waals surface area contributed by atoms with Gasteiger partial charge in [-0.05, 0) is 90.3 Å². The van der Waals surface area contributed by atoms with Gasteiger partial charge in [0.1, 0.15) is 5.82 Å². The van der Waals surface area contributed by atoms with Crippen LogP contribution in [0.4, 0.5) is 19.0 Å². The van der Waals surface area contributed by atoms with Crippen molar-refractivity contribution in [2.45, 2.75) is 121 Å². The van der Waals surface area contributed by atoms with Gasteiger partial charge in [0, 0.05) is 109 Å². The number of morpholine rings is 1. The molecule has 3 aromatic rings. The van der Waals surface area contributed by atoms with E-state index in [9.17, 15) is 22.8 Å². The Morgan fingerprint density at radius 3 is 2.40 bits per heavy atom. The molecule has 11 nitrogen and oxygen atoms in total. The summed E-state index contributed by atoms with van der Waals surface area (Å²) in [6.07, 6.45) is 2.47. The highest BCUT2D eigenvalue weighted by atomic mass is 32.2. The number of alkyl halides is 3. The standard InChI is InChI=1S/C42H54F3N5O6S/c1-24-16-35(57-6)34(40(52)48-24)19-47-39(51)32-17-33(28-8-13-36(46-18-28)50-20-25(2)54-26(3)21-50)38-37(27(32)4)55-41(5,56-38)29-9-11-30(12-10-29)49-22-31(23-49)53-15-7-14-42(43,44)45/h8,13,16-18,25-26,29-31H,7,9-12,14-15,19-23H2,1-6H3,(H,47,51)(H,48,52)/t25-,26?,29?,30?,41?/m0/s1. The molecule has 1 aliphatic carbocycles. The topological polar surface area (TPSA) is 118 Å². The molecule has 2 N–H and O–H groups in total. The van der Waals surface area contributed by atoms with Gasteiger partial charge in [0.25, 0.3) is 17.3 Å². The highest BCUT2D eigenvalue weighted by molar-refractivity contribution is 7.98. The predicted octanol–water partition coefficient (Wildman–Crippen LogP) is 7.41. The summed E-state index contributed by atoms with van der Waals surface area (Å²) in [7, 11) is 0. The lowest BCUT2D eigenvalue weighted by molar-refractivity contribution is -0.144. The van der Waals surface area contributed by atoms with Crippen molar-refractivity contribution in [1.82, 2.24) is 20.2 Å². The largest absolute Gasteiger partial charge is 0.448 e. The molecular formula is C42H54F3N5O6S. The number of anilines is 1. The summed E-state index contributed by atoms with van der Waals surface area (Å²) < 4.78 is 62.8. The van der Waals surface area contributed by atoms with Crippen LogP contribution in [-0.4, -0.2) is 96.1 Å². The average molecular weight is 814 g/mol. The number of aromatic amines is 1. The first-order chi connectivity index (χ1) is 27.1. The highest BCUT2D eigenvalue weighted by Gasteiger charge is 2.49. The number of rotatable bonds is 12. The molecule has 1 aromatic carbocycles. The fourth-order valence-electron chi connectivity index (χ4n) is 8.76. The van der Waals surface area contributed by atoms with Crippen LogP contribution in [0.2, 0.25) is 0 Å². The number of carbonyl (C=O) groups excluding carboxylic acids is 1. The zero-order valence-corrected chi connectivity index (χ0v) is 34.4. The minimum atomic E-state index is -4.15. The molecule has 3 aliphatic heterocycles. The maximum absolute atomic E-state index is 14.0. The average Bonchev–Trinajstić information content (AvgIpc) is 3.52. The number of pyridine rings is 2. The second-order valence-electron chi connectivity index (χ2n) is 16.2. The third-order valence-electron chi connectivity index (χ3n) is 11.8. The SMILES string of the molecule is CSc1cc(C)[nH]c(=O)c1CNC(=O)c1cc(-c2ccc(N3CC(C)O[C@@H](C)C3)nc2)c2c(c1C)OC(C)(C1CCC(N3CC(OCCCC(F)(F)F)C3)CC1)O2. The second kappa shape index (κ2) is 16.8. The van der Waals surface area contributed by atoms with Gasteiger partial charge < -0.3 is 34.1 Å². The Labute approximate surface area is 336 Å². The molecule has 0 radical (unpaired) electrons. The molecule has 3 fully saturated rings. The molecule has 310 valence electrons. The molecule has 2 aromatic heterocycles. The Hall–Kier alpha value is -3.79. The molecule has 0 spiro atoms. The van der Waals surface area contributed by atoms with Gasteiger partial charge in [-0.2, -0.15) is 13.2 Å². The highest BCUT2D eigenvalue weighted by Crippen LogP contribution is 2.53. The van der Waals surface area contributed by atoms with Crippen molar-refractivity contribution < 1.29 is 36.9 Å². The van der Waals surface area contributed by atoms with Gasteiger partial charge in [-0.15, -0.1) is 11.8 Å². The van der Waals surface area contributed by atoms with Crippen LogP contribution in [-0.2, 0) is 16.0 Å². The number of aryl methyl sites for hydroxylation is 1. The van der Waals surface area contributed by atoms with Gasteiger partial charge in [-0.25, -0.2) is 4.98 Å². The van der Waals surface area contributed by atoms with Crippen molar-refractivity contribution in [2.24, 2.45) is 5.92 Å². The Balaban J connectivity index is 1.08. The fraction of sp³-hybridized carbons (Fsp3) is 0.595. The monoisotopic (exact) mass is 813 g/mol. The van der Waals surface area contributed by atoms with E-state index in [0.717, 1.165) is 73.8 Å². The molecule has 3 atom stereocenters. The summed E-state index contributed by atoms with van der Waals surface area (Å²) in [5.41, 5.74) is 3.56. The number of amides is 1. The quantitative estimate of drug-likeness (QED) is 0.142.